The second-order valence-electron chi connectivity index (χ2n) is 3.41. The topological polar surface area (TPSA) is 65.4 Å². The van der Waals surface area contributed by atoms with Crippen molar-refractivity contribution in [3.8, 4) is 0 Å². The molecule has 0 aliphatic rings. The van der Waals surface area contributed by atoms with Gasteiger partial charge in [0.1, 0.15) is 11.0 Å². The minimum atomic E-state index is 0. The number of rotatable bonds is 1. The molecule has 1 aromatic carbocycles. The Morgan fingerprint density at radius 3 is 1.93 bits per heavy atom. The van der Waals surface area contributed by atoms with Crippen LogP contribution < -0.4 is 0 Å². The van der Waals surface area contributed by atoms with Gasteiger partial charge in [0.25, 0.3) is 0 Å². The van der Waals surface area contributed by atoms with Crippen molar-refractivity contribution in [1.29, 1.82) is 0 Å². The average Bonchev–Trinajstić information content (AvgIpc) is 2.66. The van der Waals surface area contributed by atoms with Crippen LogP contribution in [0.25, 0.3) is 16.8 Å². The van der Waals surface area contributed by atoms with E-state index in [4.69, 9.17) is 5.73 Å². The summed E-state index contributed by atoms with van der Waals surface area (Å²) in [6.45, 7) is 4.62. The van der Waals surface area contributed by atoms with E-state index in [-0.39, 0.29) is 22.4 Å². The number of hydrogen-bond donors (Lipinski definition) is 1. The number of aromatic nitrogens is 3. The van der Waals surface area contributed by atoms with Gasteiger partial charge in [0.05, 0.1) is 0 Å². The fourth-order valence-corrected chi connectivity index (χ4v) is 0.786. The summed E-state index contributed by atoms with van der Waals surface area (Å²) in [7, 11) is 0. The van der Waals surface area contributed by atoms with Gasteiger partial charge in [0.2, 0.25) is 0 Å². The Bertz CT molecular complexity index is 342. The van der Waals surface area contributed by atoms with Crippen molar-refractivity contribution in [2.45, 2.75) is 13.8 Å². The smallest absolute Gasteiger partial charge is 0.677 e. The van der Waals surface area contributed by atoms with Crippen molar-refractivity contribution >= 4 is 11.0 Å². The zero-order valence-corrected chi connectivity index (χ0v) is 10.3. The third-order valence-electron chi connectivity index (χ3n) is 1.63. The number of aromatic amines is 1. The van der Waals surface area contributed by atoms with Crippen LogP contribution in [0.5, 0.6) is 0 Å². The molecule has 4 nitrogen and oxygen atoms in total. The number of fused-ring (bicyclic) bond motifs is 1. The number of nitrogens with zero attached hydrogens (tertiary/aromatic N) is 2. The van der Waals surface area contributed by atoms with Crippen LogP contribution in [0.3, 0.4) is 0 Å². The van der Waals surface area contributed by atoms with Crippen LogP contribution in [-0.2, 0) is 22.4 Å². The van der Waals surface area contributed by atoms with Crippen LogP contribution in [0.4, 0.5) is 0 Å². The van der Waals surface area contributed by atoms with E-state index in [1.165, 1.54) is 0 Å². The summed E-state index contributed by atoms with van der Waals surface area (Å²) in [6.07, 6.45) is 0. The fraction of sp³-hybridized carbons (Fsp3) is 0.400. The van der Waals surface area contributed by atoms with Gasteiger partial charge in [-0.3, -0.25) is 0 Å². The summed E-state index contributed by atoms with van der Waals surface area (Å²) in [5.41, 5.74) is 8.49. The van der Waals surface area contributed by atoms with Crippen molar-refractivity contribution in [3.05, 3.63) is 30.0 Å². The molecule has 2 aromatic rings. The molecule has 5 heteroatoms. The fourth-order valence-electron chi connectivity index (χ4n) is 0.786. The second-order valence-corrected chi connectivity index (χ2v) is 3.41. The van der Waals surface area contributed by atoms with Crippen molar-refractivity contribution in [1.82, 2.24) is 15.4 Å². The quantitative estimate of drug-likeness (QED) is 0.823. The van der Waals surface area contributed by atoms with Gasteiger partial charge in [-0.2, -0.15) is 15.4 Å². The normalized spacial score (nSPS) is 9.33. The molecule has 0 saturated carbocycles. The molecule has 86 valence electrons. The Kier molecular flexibility index (Phi) is 7.25. The zero-order valence-electron chi connectivity index (χ0n) is 8.79. The predicted octanol–water partition coefficient (Wildman–Crippen LogP) is 2.65. The number of para-hydroxylation sites is 2. The monoisotopic (exact) mass is 298 g/mol. The van der Waals surface area contributed by atoms with E-state index in [2.05, 4.69) is 15.4 Å². The first-order chi connectivity index (χ1) is 6.74. The molecule has 0 unspecified atom stereocenters. The second kappa shape index (κ2) is 7.59. The van der Waals surface area contributed by atoms with E-state index in [0.29, 0.717) is 12.5 Å². The summed E-state index contributed by atoms with van der Waals surface area (Å²) in [5.74, 6) is 0.551. The van der Waals surface area contributed by atoms with E-state index in [1.54, 1.807) is 0 Å². The van der Waals surface area contributed by atoms with Gasteiger partial charge in [-0.05, 0) is 12.1 Å². The molecule has 1 aromatic heterocycles. The minimum Gasteiger partial charge on any atom is -0.677 e. The Hall–Kier alpha value is -0.680. The van der Waals surface area contributed by atoms with Gasteiger partial charge in [-0.15, -0.1) is 6.54 Å². The van der Waals surface area contributed by atoms with Crippen LogP contribution >= 0.6 is 0 Å². The van der Waals surface area contributed by atoms with E-state index >= 15 is 0 Å². The van der Waals surface area contributed by atoms with E-state index in [9.17, 15) is 0 Å². The maximum absolute atomic E-state index is 6.66. The van der Waals surface area contributed by atoms with Crippen molar-refractivity contribution in [3.63, 3.8) is 0 Å². The third kappa shape index (κ3) is 5.09. The maximum Gasteiger partial charge on any atom is 1.00 e. The standard InChI is InChI=1S/C6H5N3.C4H10N.Ag/c1-2-4-6-5(3-1)7-9-8-6;1-4(2)3-5;/h1-4H,(H,7,8,9);4-5H,3H2,1-2H3;/q;-1;+1. The molecule has 0 amide bonds. The molecule has 2 N–H and O–H groups in total. The SMILES string of the molecule is CC(C)C[NH-].[Ag+].c1ccc2n[nH]nc2c1. The number of hydrogen-bond acceptors (Lipinski definition) is 2. The first-order valence-corrected chi connectivity index (χ1v) is 4.64. The van der Waals surface area contributed by atoms with E-state index in [1.807, 2.05) is 38.1 Å². The van der Waals surface area contributed by atoms with Crippen LogP contribution in [0.2, 0.25) is 0 Å². The molecule has 1 heterocycles. The van der Waals surface area contributed by atoms with Gasteiger partial charge in [0.15, 0.2) is 0 Å². The molecule has 0 spiro atoms. The van der Waals surface area contributed by atoms with Crippen molar-refractivity contribution in [2.75, 3.05) is 6.54 Å². The van der Waals surface area contributed by atoms with Gasteiger partial charge < -0.3 is 5.73 Å². The van der Waals surface area contributed by atoms with Crippen LogP contribution in [0.15, 0.2) is 24.3 Å². The molecule has 15 heavy (non-hydrogen) atoms. The largest absolute Gasteiger partial charge is 1.00 e. The first kappa shape index (κ1) is 14.3. The third-order valence-corrected chi connectivity index (χ3v) is 1.63. The Morgan fingerprint density at radius 2 is 1.60 bits per heavy atom. The molecular weight excluding hydrogens is 284 g/mol. The van der Waals surface area contributed by atoms with Crippen LogP contribution in [0, 0.1) is 5.92 Å². The van der Waals surface area contributed by atoms with Gasteiger partial charge in [-0.1, -0.05) is 31.9 Å². The number of benzene rings is 1. The molecule has 0 atom stereocenters. The number of H-pyrrole nitrogens is 1. The maximum atomic E-state index is 6.66. The molecule has 0 fully saturated rings. The van der Waals surface area contributed by atoms with Crippen LogP contribution in [0.1, 0.15) is 13.8 Å². The van der Waals surface area contributed by atoms with Gasteiger partial charge in [-0.25, -0.2) is 0 Å². The van der Waals surface area contributed by atoms with E-state index < -0.39 is 0 Å². The summed E-state index contributed by atoms with van der Waals surface area (Å²) in [4.78, 5) is 0. The Balaban J connectivity index is 0.000000289. The minimum absolute atomic E-state index is 0. The van der Waals surface area contributed by atoms with Crippen LogP contribution in [-0.4, -0.2) is 22.0 Å². The van der Waals surface area contributed by atoms with Crippen molar-refractivity contribution < 1.29 is 22.4 Å². The molecular formula is C10H15AgN4. The Labute approximate surface area is 105 Å². The summed E-state index contributed by atoms with van der Waals surface area (Å²) in [6, 6.07) is 7.70. The van der Waals surface area contributed by atoms with Crippen molar-refractivity contribution in [2.24, 2.45) is 5.92 Å². The molecule has 0 aliphatic carbocycles. The van der Waals surface area contributed by atoms with Gasteiger partial charge in [0, 0.05) is 0 Å². The first-order valence-electron chi connectivity index (χ1n) is 4.64. The average molecular weight is 299 g/mol. The predicted molar refractivity (Wildman–Crippen MR) is 57.9 cm³/mol. The Morgan fingerprint density at radius 1 is 1.20 bits per heavy atom. The molecule has 0 radical (unpaired) electrons. The summed E-state index contributed by atoms with van der Waals surface area (Å²) in [5, 5.41) is 10.3. The summed E-state index contributed by atoms with van der Waals surface area (Å²) < 4.78 is 0. The van der Waals surface area contributed by atoms with E-state index in [0.717, 1.165) is 11.0 Å². The summed E-state index contributed by atoms with van der Waals surface area (Å²) >= 11 is 0. The van der Waals surface area contributed by atoms with Gasteiger partial charge >= 0.3 is 22.4 Å². The molecule has 0 aliphatic heterocycles. The zero-order chi connectivity index (χ0) is 10.4. The molecule has 0 saturated heterocycles. The number of nitrogens with one attached hydrogen (secondary N) is 2. The molecule has 0 bridgehead atoms. The molecule has 2 rings (SSSR count).